The van der Waals surface area contributed by atoms with Gasteiger partial charge in [0.05, 0.1) is 6.20 Å². The highest BCUT2D eigenvalue weighted by atomic mass is 16.5. The third kappa shape index (κ3) is 2.11. The molecule has 0 aliphatic heterocycles. The van der Waals surface area contributed by atoms with E-state index in [1.165, 1.54) is 0 Å². The maximum absolute atomic E-state index is 5.99. The van der Waals surface area contributed by atoms with Crippen molar-refractivity contribution in [3.63, 3.8) is 0 Å². The quantitative estimate of drug-likeness (QED) is 0.825. The van der Waals surface area contributed by atoms with Gasteiger partial charge in [-0.1, -0.05) is 12.1 Å². The summed E-state index contributed by atoms with van der Waals surface area (Å²) in [6.07, 6.45) is 5.34. The molecule has 0 saturated carbocycles. The molecule has 86 valence electrons. The van der Waals surface area contributed by atoms with E-state index in [0.717, 1.165) is 18.4 Å². The molecule has 0 aromatic carbocycles. The summed E-state index contributed by atoms with van der Waals surface area (Å²) >= 11 is 0. The lowest BCUT2D eigenvalue weighted by Crippen LogP contribution is -2.11. The molecule has 0 aliphatic carbocycles. The Morgan fingerprint density at radius 2 is 2.38 bits per heavy atom. The SMILES string of the molecule is CCCc1noc(C(N)c2cnn(C)c2)n1. The van der Waals surface area contributed by atoms with E-state index in [1.807, 2.05) is 13.2 Å². The fourth-order valence-corrected chi connectivity index (χ4v) is 1.46. The number of nitrogens with two attached hydrogens (primary N) is 1. The summed E-state index contributed by atoms with van der Waals surface area (Å²) in [5.74, 6) is 1.15. The second-order valence-corrected chi connectivity index (χ2v) is 3.72. The van der Waals surface area contributed by atoms with Crippen LogP contribution in [0.5, 0.6) is 0 Å². The Morgan fingerprint density at radius 1 is 1.56 bits per heavy atom. The third-order valence-electron chi connectivity index (χ3n) is 2.31. The molecule has 6 nitrogen and oxygen atoms in total. The Balaban J connectivity index is 2.17. The maximum atomic E-state index is 5.99. The molecule has 0 aliphatic rings. The largest absolute Gasteiger partial charge is 0.337 e. The first kappa shape index (κ1) is 10.8. The van der Waals surface area contributed by atoms with Crippen molar-refractivity contribution in [3.8, 4) is 0 Å². The van der Waals surface area contributed by atoms with Crippen LogP contribution in [0, 0.1) is 0 Å². The Morgan fingerprint density at radius 3 is 3.00 bits per heavy atom. The van der Waals surface area contributed by atoms with Crippen molar-refractivity contribution in [2.75, 3.05) is 0 Å². The first-order valence-corrected chi connectivity index (χ1v) is 5.27. The van der Waals surface area contributed by atoms with Crippen molar-refractivity contribution in [2.24, 2.45) is 12.8 Å². The van der Waals surface area contributed by atoms with Crippen LogP contribution in [0.2, 0.25) is 0 Å². The normalized spacial score (nSPS) is 12.9. The second kappa shape index (κ2) is 4.44. The topological polar surface area (TPSA) is 82.8 Å². The van der Waals surface area contributed by atoms with Crippen LogP contribution in [0.15, 0.2) is 16.9 Å². The maximum Gasteiger partial charge on any atom is 0.248 e. The van der Waals surface area contributed by atoms with Crippen LogP contribution in [-0.4, -0.2) is 19.9 Å². The van der Waals surface area contributed by atoms with E-state index in [1.54, 1.807) is 10.9 Å². The summed E-state index contributed by atoms with van der Waals surface area (Å²) < 4.78 is 6.81. The van der Waals surface area contributed by atoms with Crippen molar-refractivity contribution >= 4 is 0 Å². The number of hydrogen-bond donors (Lipinski definition) is 1. The van der Waals surface area contributed by atoms with Gasteiger partial charge in [0.1, 0.15) is 6.04 Å². The zero-order valence-corrected chi connectivity index (χ0v) is 9.42. The van der Waals surface area contributed by atoms with Gasteiger partial charge in [0, 0.05) is 25.2 Å². The molecular weight excluding hydrogens is 206 g/mol. The van der Waals surface area contributed by atoms with E-state index in [2.05, 4.69) is 22.2 Å². The van der Waals surface area contributed by atoms with Gasteiger partial charge in [0.2, 0.25) is 5.89 Å². The van der Waals surface area contributed by atoms with Crippen LogP contribution in [0.1, 0.15) is 36.7 Å². The van der Waals surface area contributed by atoms with Gasteiger partial charge in [-0.2, -0.15) is 10.1 Å². The highest BCUT2D eigenvalue weighted by Crippen LogP contribution is 2.17. The summed E-state index contributed by atoms with van der Waals surface area (Å²) in [7, 11) is 1.84. The number of hydrogen-bond acceptors (Lipinski definition) is 5. The average molecular weight is 221 g/mol. The van der Waals surface area contributed by atoms with Crippen molar-refractivity contribution < 1.29 is 4.52 Å². The van der Waals surface area contributed by atoms with E-state index < -0.39 is 6.04 Å². The van der Waals surface area contributed by atoms with E-state index >= 15 is 0 Å². The van der Waals surface area contributed by atoms with Gasteiger partial charge in [0.15, 0.2) is 5.82 Å². The lowest BCUT2D eigenvalue weighted by Gasteiger charge is -2.01. The smallest absolute Gasteiger partial charge is 0.248 e. The van der Waals surface area contributed by atoms with Crippen LogP contribution in [-0.2, 0) is 13.5 Å². The van der Waals surface area contributed by atoms with Gasteiger partial charge in [-0.3, -0.25) is 4.68 Å². The van der Waals surface area contributed by atoms with Crippen molar-refractivity contribution in [1.82, 2.24) is 19.9 Å². The van der Waals surface area contributed by atoms with E-state index in [-0.39, 0.29) is 0 Å². The number of rotatable bonds is 4. The zero-order chi connectivity index (χ0) is 11.5. The second-order valence-electron chi connectivity index (χ2n) is 3.72. The van der Waals surface area contributed by atoms with Gasteiger partial charge >= 0.3 is 0 Å². The molecule has 2 heterocycles. The third-order valence-corrected chi connectivity index (χ3v) is 2.31. The Bertz CT molecular complexity index is 461. The van der Waals surface area contributed by atoms with Crippen LogP contribution < -0.4 is 5.73 Å². The zero-order valence-electron chi connectivity index (χ0n) is 9.42. The van der Waals surface area contributed by atoms with Crippen LogP contribution >= 0.6 is 0 Å². The standard InChI is InChI=1S/C10H15N5O/c1-3-4-8-13-10(16-14-8)9(11)7-5-12-15(2)6-7/h5-6,9H,3-4,11H2,1-2H3. The molecule has 2 aromatic rings. The molecule has 1 atom stereocenters. The lowest BCUT2D eigenvalue weighted by atomic mass is 10.2. The number of nitrogens with zero attached hydrogens (tertiary/aromatic N) is 4. The Hall–Kier alpha value is -1.69. The average Bonchev–Trinajstić information content (AvgIpc) is 2.87. The van der Waals surface area contributed by atoms with E-state index in [0.29, 0.717) is 11.7 Å². The van der Waals surface area contributed by atoms with E-state index in [9.17, 15) is 0 Å². The molecule has 0 spiro atoms. The summed E-state index contributed by atoms with van der Waals surface area (Å²) in [5.41, 5.74) is 6.86. The monoisotopic (exact) mass is 221 g/mol. The lowest BCUT2D eigenvalue weighted by molar-refractivity contribution is 0.362. The van der Waals surface area contributed by atoms with Gasteiger partial charge in [-0.25, -0.2) is 0 Å². The molecule has 16 heavy (non-hydrogen) atoms. The highest BCUT2D eigenvalue weighted by molar-refractivity contribution is 5.16. The molecule has 0 radical (unpaired) electrons. The van der Waals surface area contributed by atoms with E-state index in [4.69, 9.17) is 10.3 Å². The molecule has 1 unspecified atom stereocenters. The fourth-order valence-electron chi connectivity index (χ4n) is 1.46. The predicted octanol–water partition coefficient (Wildman–Crippen LogP) is 0.804. The Labute approximate surface area is 93.4 Å². The molecule has 0 amide bonds. The molecule has 0 fully saturated rings. The summed E-state index contributed by atoms with van der Waals surface area (Å²) in [4.78, 5) is 4.25. The fraction of sp³-hybridized carbons (Fsp3) is 0.500. The minimum absolute atomic E-state index is 0.396. The number of aromatic nitrogens is 4. The Kier molecular flexibility index (Phi) is 3.00. The summed E-state index contributed by atoms with van der Waals surface area (Å²) in [5, 5.41) is 7.92. The van der Waals surface area contributed by atoms with Crippen molar-refractivity contribution in [2.45, 2.75) is 25.8 Å². The molecule has 2 N–H and O–H groups in total. The minimum atomic E-state index is -0.396. The highest BCUT2D eigenvalue weighted by Gasteiger charge is 2.17. The van der Waals surface area contributed by atoms with Crippen LogP contribution in [0.25, 0.3) is 0 Å². The predicted molar refractivity (Wildman–Crippen MR) is 57.5 cm³/mol. The van der Waals surface area contributed by atoms with Crippen LogP contribution in [0.4, 0.5) is 0 Å². The molecule has 0 bridgehead atoms. The first-order valence-electron chi connectivity index (χ1n) is 5.27. The van der Waals surface area contributed by atoms with Gasteiger partial charge in [-0.05, 0) is 6.42 Å². The molecule has 2 aromatic heterocycles. The van der Waals surface area contributed by atoms with Crippen molar-refractivity contribution in [1.29, 1.82) is 0 Å². The molecule has 6 heteroatoms. The summed E-state index contributed by atoms with van der Waals surface area (Å²) in [6.45, 7) is 2.07. The molecule has 2 rings (SSSR count). The van der Waals surface area contributed by atoms with Gasteiger partial charge in [0.25, 0.3) is 0 Å². The first-order chi connectivity index (χ1) is 7.70. The van der Waals surface area contributed by atoms with Crippen molar-refractivity contribution in [3.05, 3.63) is 29.7 Å². The number of aryl methyl sites for hydroxylation is 2. The molecule has 0 saturated heterocycles. The minimum Gasteiger partial charge on any atom is -0.337 e. The summed E-state index contributed by atoms with van der Waals surface area (Å²) in [6, 6.07) is -0.396. The van der Waals surface area contributed by atoms with Crippen LogP contribution in [0.3, 0.4) is 0 Å². The molecular formula is C10H15N5O. The van der Waals surface area contributed by atoms with Gasteiger partial charge in [-0.15, -0.1) is 0 Å². The van der Waals surface area contributed by atoms with Gasteiger partial charge < -0.3 is 10.3 Å².